The molecule has 0 saturated carbocycles. The third-order valence-electron chi connectivity index (χ3n) is 5.52. The minimum Gasteiger partial charge on any atom is -0.358 e. The highest BCUT2D eigenvalue weighted by Crippen LogP contribution is 2.35. The van der Waals surface area contributed by atoms with Crippen molar-refractivity contribution < 1.29 is 4.74 Å². The van der Waals surface area contributed by atoms with Crippen molar-refractivity contribution in [2.24, 2.45) is 0 Å². The summed E-state index contributed by atoms with van der Waals surface area (Å²) in [5.41, 5.74) is 1.73. The zero-order valence-corrected chi connectivity index (χ0v) is 16.2. The first kappa shape index (κ1) is 18.7. The SMILES string of the molecule is CO[C@]1(c2ccccc2)NCC(n2nnnc2C)C[C@H]1NCc1ccccc1. The van der Waals surface area contributed by atoms with Crippen molar-refractivity contribution in [1.29, 1.82) is 0 Å². The fourth-order valence-corrected chi connectivity index (χ4v) is 4.06. The fourth-order valence-electron chi connectivity index (χ4n) is 4.06. The van der Waals surface area contributed by atoms with E-state index in [1.165, 1.54) is 5.56 Å². The lowest BCUT2D eigenvalue weighted by molar-refractivity contribution is -0.0990. The molecule has 2 heterocycles. The van der Waals surface area contributed by atoms with Crippen LogP contribution in [-0.4, -0.2) is 39.9 Å². The molecule has 1 fully saturated rings. The predicted octanol–water partition coefficient (Wildman–Crippen LogP) is 2.17. The highest BCUT2D eigenvalue weighted by atomic mass is 16.5. The van der Waals surface area contributed by atoms with Crippen LogP contribution in [0.25, 0.3) is 0 Å². The summed E-state index contributed by atoms with van der Waals surface area (Å²) in [7, 11) is 1.76. The predicted molar refractivity (Wildman–Crippen MR) is 106 cm³/mol. The highest BCUT2D eigenvalue weighted by molar-refractivity contribution is 5.26. The van der Waals surface area contributed by atoms with Gasteiger partial charge in [-0.05, 0) is 29.3 Å². The second-order valence-corrected chi connectivity index (χ2v) is 7.17. The van der Waals surface area contributed by atoms with E-state index in [2.05, 4.69) is 62.6 Å². The number of rotatable bonds is 6. The van der Waals surface area contributed by atoms with Crippen molar-refractivity contribution in [2.45, 2.75) is 37.7 Å². The maximum Gasteiger partial charge on any atom is 0.160 e. The topological polar surface area (TPSA) is 76.9 Å². The molecule has 0 aliphatic carbocycles. The molecule has 1 aliphatic heterocycles. The van der Waals surface area contributed by atoms with Crippen LogP contribution in [-0.2, 0) is 17.0 Å². The summed E-state index contributed by atoms with van der Waals surface area (Å²) in [4.78, 5) is 0. The third-order valence-corrected chi connectivity index (χ3v) is 5.52. The Hall–Kier alpha value is -2.61. The first-order valence-corrected chi connectivity index (χ1v) is 9.60. The molecule has 4 rings (SSSR count). The molecular formula is C21H26N6O. The minimum absolute atomic E-state index is 0.0301. The molecule has 3 atom stereocenters. The molecule has 0 amide bonds. The minimum atomic E-state index is -0.617. The molecule has 0 spiro atoms. The molecule has 0 bridgehead atoms. The van der Waals surface area contributed by atoms with Gasteiger partial charge in [-0.15, -0.1) is 5.10 Å². The van der Waals surface area contributed by atoms with Crippen LogP contribution in [0.15, 0.2) is 60.7 Å². The van der Waals surface area contributed by atoms with Crippen molar-refractivity contribution >= 4 is 0 Å². The number of benzene rings is 2. The smallest absolute Gasteiger partial charge is 0.160 e. The Kier molecular flexibility index (Phi) is 5.47. The second kappa shape index (κ2) is 8.18. The lowest BCUT2D eigenvalue weighted by Crippen LogP contribution is -2.63. The van der Waals surface area contributed by atoms with E-state index in [4.69, 9.17) is 4.74 Å². The second-order valence-electron chi connectivity index (χ2n) is 7.17. The highest BCUT2D eigenvalue weighted by Gasteiger charge is 2.46. The van der Waals surface area contributed by atoms with Gasteiger partial charge in [0.15, 0.2) is 5.72 Å². The third kappa shape index (κ3) is 3.56. The summed E-state index contributed by atoms with van der Waals surface area (Å²) < 4.78 is 8.02. The van der Waals surface area contributed by atoms with Gasteiger partial charge in [-0.2, -0.15) is 0 Å². The molecule has 2 aromatic carbocycles. The van der Waals surface area contributed by atoms with Crippen LogP contribution in [0.4, 0.5) is 0 Å². The van der Waals surface area contributed by atoms with Gasteiger partial charge >= 0.3 is 0 Å². The summed E-state index contributed by atoms with van der Waals surface area (Å²) in [6.07, 6.45) is 0.842. The number of nitrogens with one attached hydrogen (secondary N) is 2. The molecule has 0 radical (unpaired) electrons. The number of piperidine rings is 1. The zero-order valence-electron chi connectivity index (χ0n) is 16.2. The number of hydrogen-bond acceptors (Lipinski definition) is 6. The molecule has 1 unspecified atom stereocenters. The van der Waals surface area contributed by atoms with Crippen LogP contribution in [0.3, 0.4) is 0 Å². The van der Waals surface area contributed by atoms with E-state index < -0.39 is 5.72 Å². The number of methoxy groups -OCH3 is 1. The standard InChI is InChI=1S/C21H26N6O/c1-16-24-25-26-27(16)19-13-20(22-14-17-9-5-3-6-10-17)21(28-2,23-15-19)18-11-7-4-8-12-18/h3-12,19-20,22-23H,13-15H2,1-2H3/t19?,20-,21+/m1/s1. The number of tetrazole rings is 1. The first-order chi connectivity index (χ1) is 13.7. The lowest BCUT2D eigenvalue weighted by atomic mass is 9.85. The van der Waals surface area contributed by atoms with E-state index in [0.29, 0.717) is 0 Å². The average Bonchev–Trinajstić information content (AvgIpc) is 3.19. The Morgan fingerprint density at radius 3 is 2.50 bits per heavy atom. The summed E-state index contributed by atoms with van der Waals surface area (Å²) >= 11 is 0. The Morgan fingerprint density at radius 1 is 1.14 bits per heavy atom. The molecule has 28 heavy (non-hydrogen) atoms. The number of ether oxygens (including phenoxy) is 1. The van der Waals surface area contributed by atoms with Crippen molar-refractivity contribution in [2.75, 3.05) is 13.7 Å². The Morgan fingerprint density at radius 2 is 1.86 bits per heavy atom. The number of nitrogens with zero attached hydrogens (tertiary/aromatic N) is 4. The van der Waals surface area contributed by atoms with Gasteiger partial charge in [0, 0.05) is 25.8 Å². The van der Waals surface area contributed by atoms with Gasteiger partial charge in [0.05, 0.1) is 12.1 Å². The lowest BCUT2D eigenvalue weighted by Gasteiger charge is -2.47. The van der Waals surface area contributed by atoms with E-state index >= 15 is 0 Å². The molecule has 7 heteroatoms. The number of aromatic nitrogens is 4. The van der Waals surface area contributed by atoms with Crippen LogP contribution < -0.4 is 10.6 Å². The van der Waals surface area contributed by atoms with Crippen LogP contribution in [0.1, 0.15) is 29.4 Å². The molecule has 1 aliphatic rings. The number of hydrogen-bond donors (Lipinski definition) is 2. The molecule has 2 N–H and O–H groups in total. The van der Waals surface area contributed by atoms with Crippen molar-refractivity contribution in [3.63, 3.8) is 0 Å². The summed E-state index contributed by atoms with van der Waals surface area (Å²) in [6, 6.07) is 20.9. The van der Waals surface area contributed by atoms with Crippen LogP contribution in [0, 0.1) is 6.92 Å². The van der Waals surface area contributed by atoms with Gasteiger partial charge in [-0.25, -0.2) is 4.68 Å². The summed E-state index contributed by atoms with van der Waals surface area (Å²) in [5, 5.41) is 19.4. The zero-order chi connectivity index (χ0) is 19.4. The first-order valence-electron chi connectivity index (χ1n) is 9.60. The molecule has 1 aromatic heterocycles. The largest absolute Gasteiger partial charge is 0.358 e. The molecule has 1 saturated heterocycles. The monoisotopic (exact) mass is 378 g/mol. The van der Waals surface area contributed by atoms with Crippen LogP contribution in [0.2, 0.25) is 0 Å². The average molecular weight is 378 g/mol. The van der Waals surface area contributed by atoms with Crippen molar-refractivity contribution in [3.05, 3.63) is 77.6 Å². The van der Waals surface area contributed by atoms with E-state index in [-0.39, 0.29) is 12.1 Å². The normalized spacial score (nSPS) is 24.9. The maximum atomic E-state index is 6.13. The van der Waals surface area contributed by atoms with E-state index in [1.54, 1.807) is 7.11 Å². The van der Waals surface area contributed by atoms with Gasteiger partial charge in [0.2, 0.25) is 0 Å². The van der Waals surface area contributed by atoms with Gasteiger partial charge in [0.1, 0.15) is 5.82 Å². The Balaban J connectivity index is 1.63. The quantitative estimate of drug-likeness (QED) is 0.685. The summed E-state index contributed by atoms with van der Waals surface area (Å²) in [5.74, 6) is 0.818. The van der Waals surface area contributed by atoms with Crippen LogP contribution in [0.5, 0.6) is 0 Å². The van der Waals surface area contributed by atoms with Crippen molar-refractivity contribution in [1.82, 2.24) is 30.8 Å². The maximum absolute atomic E-state index is 6.13. The van der Waals surface area contributed by atoms with Crippen LogP contribution >= 0.6 is 0 Å². The van der Waals surface area contributed by atoms with Gasteiger partial charge in [-0.1, -0.05) is 60.7 Å². The molecule has 7 nitrogen and oxygen atoms in total. The summed E-state index contributed by atoms with van der Waals surface area (Å²) in [6.45, 7) is 3.41. The number of aryl methyl sites for hydroxylation is 1. The van der Waals surface area contributed by atoms with Gasteiger partial charge in [-0.3, -0.25) is 5.32 Å². The molecular weight excluding hydrogens is 352 g/mol. The molecule has 146 valence electrons. The van der Waals surface area contributed by atoms with Gasteiger partial charge < -0.3 is 10.1 Å². The fraction of sp³-hybridized carbons (Fsp3) is 0.381. The Bertz CT molecular complexity index is 884. The van der Waals surface area contributed by atoms with E-state index in [9.17, 15) is 0 Å². The van der Waals surface area contributed by atoms with E-state index in [0.717, 1.165) is 30.9 Å². The van der Waals surface area contributed by atoms with E-state index in [1.807, 2.05) is 35.9 Å². The van der Waals surface area contributed by atoms with Gasteiger partial charge in [0.25, 0.3) is 0 Å². The van der Waals surface area contributed by atoms with Crippen molar-refractivity contribution in [3.8, 4) is 0 Å². The Labute approximate surface area is 165 Å². The molecule has 3 aromatic rings.